The standard InChI is InChI=1S/C21H22N2O4S/c1-15(20-14-16-8-5-6-12-19(16)27-20)22-21(24)18-11-7-13-23(18)28(25,26)17-9-3-2-4-10-17/h2-6,8-10,12,14-15,18H,7,11,13H2,1H3,(H,22,24)/t15-,18+/m0/s1. The van der Waals surface area contributed by atoms with Gasteiger partial charge in [0, 0.05) is 11.9 Å². The van der Waals surface area contributed by atoms with Crippen LogP contribution in [0.4, 0.5) is 0 Å². The molecule has 1 saturated heterocycles. The molecule has 0 aliphatic carbocycles. The second-order valence-corrected chi connectivity index (χ2v) is 8.89. The van der Waals surface area contributed by atoms with E-state index >= 15 is 0 Å². The van der Waals surface area contributed by atoms with E-state index in [4.69, 9.17) is 4.42 Å². The highest BCUT2D eigenvalue weighted by molar-refractivity contribution is 7.89. The van der Waals surface area contributed by atoms with Crippen LogP contribution in [0.1, 0.15) is 31.6 Å². The number of furan rings is 1. The molecule has 3 aromatic rings. The van der Waals surface area contributed by atoms with E-state index in [0.29, 0.717) is 25.1 Å². The van der Waals surface area contributed by atoms with Crippen molar-refractivity contribution >= 4 is 26.9 Å². The molecule has 2 atom stereocenters. The Morgan fingerprint density at radius 2 is 1.86 bits per heavy atom. The van der Waals surface area contributed by atoms with Crippen LogP contribution in [0, 0.1) is 0 Å². The Balaban J connectivity index is 1.52. The van der Waals surface area contributed by atoms with Gasteiger partial charge in [0.2, 0.25) is 15.9 Å². The molecule has 0 unspecified atom stereocenters. The van der Waals surface area contributed by atoms with Crippen LogP contribution in [0.5, 0.6) is 0 Å². The molecule has 1 fully saturated rings. The zero-order chi connectivity index (χ0) is 19.7. The van der Waals surface area contributed by atoms with E-state index in [2.05, 4.69) is 5.32 Å². The van der Waals surface area contributed by atoms with Crippen molar-refractivity contribution in [3.63, 3.8) is 0 Å². The lowest BCUT2D eigenvalue weighted by molar-refractivity contribution is -0.125. The molecule has 28 heavy (non-hydrogen) atoms. The van der Waals surface area contributed by atoms with E-state index in [1.165, 1.54) is 4.31 Å². The number of para-hydroxylation sites is 1. The summed E-state index contributed by atoms with van der Waals surface area (Å²) >= 11 is 0. The second kappa shape index (κ2) is 7.41. The smallest absolute Gasteiger partial charge is 0.243 e. The third kappa shape index (κ3) is 3.43. The van der Waals surface area contributed by atoms with Gasteiger partial charge in [0.05, 0.1) is 10.9 Å². The van der Waals surface area contributed by atoms with Crippen molar-refractivity contribution in [1.82, 2.24) is 9.62 Å². The molecular formula is C21H22N2O4S. The Bertz CT molecular complexity index is 1060. The normalized spacial score (nSPS) is 19.0. The molecule has 2 heterocycles. The van der Waals surface area contributed by atoms with Gasteiger partial charge in [-0.25, -0.2) is 8.42 Å². The highest BCUT2D eigenvalue weighted by Gasteiger charge is 2.39. The van der Waals surface area contributed by atoms with Crippen LogP contribution in [0.25, 0.3) is 11.0 Å². The van der Waals surface area contributed by atoms with Crippen molar-refractivity contribution in [2.75, 3.05) is 6.54 Å². The molecule has 4 rings (SSSR count). The first-order valence-corrected chi connectivity index (χ1v) is 10.8. The Morgan fingerprint density at radius 3 is 2.61 bits per heavy atom. The Kier molecular flexibility index (Phi) is 4.95. The second-order valence-electron chi connectivity index (χ2n) is 7.00. The van der Waals surface area contributed by atoms with Crippen LogP contribution in [0.15, 0.2) is 70.0 Å². The lowest BCUT2D eigenvalue weighted by atomic mass is 10.2. The number of nitrogens with zero attached hydrogens (tertiary/aromatic N) is 1. The monoisotopic (exact) mass is 398 g/mol. The van der Waals surface area contributed by atoms with Gasteiger partial charge in [0.15, 0.2) is 0 Å². The predicted molar refractivity (Wildman–Crippen MR) is 106 cm³/mol. The Labute approximate surface area is 164 Å². The fraction of sp³-hybridized carbons (Fsp3) is 0.286. The van der Waals surface area contributed by atoms with Gasteiger partial charge in [0.1, 0.15) is 17.4 Å². The maximum absolute atomic E-state index is 12.9. The summed E-state index contributed by atoms with van der Waals surface area (Å²) in [5.74, 6) is 0.343. The van der Waals surface area contributed by atoms with Crippen LogP contribution in [0.3, 0.4) is 0 Å². The molecule has 0 saturated carbocycles. The quantitative estimate of drug-likeness (QED) is 0.714. The van der Waals surface area contributed by atoms with Crippen LogP contribution in [-0.4, -0.2) is 31.2 Å². The van der Waals surface area contributed by atoms with E-state index < -0.39 is 16.1 Å². The molecule has 0 spiro atoms. The van der Waals surface area contributed by atoms with Gasteiger partial charge >= 0.3 is 0 Å². The minimum absolute atomic E-state index is 0.208. The van der Waals surface area contributed by atoms with Crippen molar-refractivity contribution in [3.8, 4) is 0 Å². The Morgan fingerprint density at radius 1 is 1.14 bits per heavy atom. The third-order valence-corrected chi connectivity index (χ3v) is 7.01. The Hall–Kier alpha value is -2.64. The molecule has 1 amide bonds. The molecule has 0 bridgehead atoms. The van der Waals surface area contributed by atoms with Crippen LogP contribution in [0.2, 0.25) is 0 Å². The van der Waals surface area contributed by atoms with Crippen molar-refractivity contribution < 1.29 is 17.6 Å². The number of hydrogen-bond donors (Lipinski definition) is 1. The zero-order valence-electron chi connectivity index (χ0n) is 15.5. The first-order chi connectivity index (χ1) is 13.5. The SMILES string of the molecule is C[C@H](NC(=O)[C@H]1CCCN1S(=O)(=O)c1ccccc1)c1cc2ccccc2o1. The summed E-state index contributed by atoms with van der Waals surface area (Å²) in [7, 11) is -3.70. The number of nitrogens with one attached hydrogen (secondary N) is 1. The number of benzene rings is 2. The summed E-state index contributed by atoms with van der Waals surface area (Å²) in [5.41, 5.74) is 0.757. The molecule has 6 nitrogen and oxygen atoms in total. The fourth-order valence-electron chi connectivity index (χ4n) is 3.61. The highest BCUT2D eigenvalue weighted by atomic mass is 32.2. The van der Waals surface area contributed by atoms with Crippen LogP contribution < -0.4 is 5.32 Å². The van der Waals surface area contributed by atoms with Crippen molar-refractivity contribution in [2.45, 2.75) is 36.7 Å². The molecule has 1 aliphatic rings. The van der Waals surface area contributed by atoms with E-state index in [1.807, 2.05) is 37.3 Å². The van der Waals surface area contributed by atoms with Crippen molar-refractivity contribution in [1.29, 1.82) is 0 Å². The number of rotatable bonds is 5. The topological polar surface area (TPSA) is 79.6 Å². The molecule has 146 valence electrons. The third-order valence-electron chi connectivity index (χ3n) is 5.09. The van der Waals surface area contributed by atoms with Gasteiger partial charge < -0.3 is 9.73 Å². The average Bonchev–Trinajstić information content (AvgIpc) is 3.36. The van der Waals surface area contributed by atoms with E-state index in [1.54, 1.807) is 30.3 Å². The molecule has 1 N–H and O–H groups in total. The largest absolute Gasteiger partial charge is 0.459 e. The summed E-state index contributed by atoms with van der Waals surface area (Å²) < 4.78 is 33.0. The molecular weight excluding hydrogens is 376 g/mol. The van der Waals surface area contributed by atoms with Gasteiger partial charge in [-0.1, -0.05) is 36.4 Å². The number of sulfonamides is 1. The molecule has 1 aromatic heterocycles. The zero-order valence-corrected chi connectivity index (χ0v) is 16.4. The lowest BCUT2D eigenvalue weighted by Gasteiger charge is -2.24. The number of hydrogen-bond acceptors (Lipinski definition) is 4. The van der Waals surface area contributed by atoms with E-state index in [-0.39, 0.29) is 16.8 Å². The van der Waals surface area contributed by atoms with Gasteiger partial charge in [-0.2, -0.15) is 4.31 Å². The van der Waals surface area contributed by atoms with E-state index in [0.717, 1.165) is 11.0 Å². The predicted octanol–water partition coefficient (Wildman–Crippen LogP) is 3.46. The molecule has 7 heteroatoms. The molecule has 2 aromatic carbocycles. The van der Waals surface area contributed by atoms with Crippen molar-refractivity contribution in [3.05, 3.63) is 66.4 Å². The first kappa shape index (κ1) is 18.7. The molecule has 1 aliphatic heterocycles. The summed E-state index contributed by atoms with van der Waals surface area (Å²) in [5, 5.41) is 3.88. The van der Waals surface area contributed by atoms with Gasteiger partial charge in [-0.3, -0.25) is 4.79 Å². The lowest BCUT2D eigenvalue weighted by Crippen LogP contribution is -2.46. The van der Waals surface area contributed by atoms with Crippen LogP contribution in [-0.2, 0) is 14.8 Å². The van der Waals surface area contributed by atoms with Gasteiger partial charge in [-0.15, -0.1) is 0 Å². The summed E-state index contributed by atoms with van der Waals surface area (Å²) in [6.45, 7) is 2.18. The van der Waals surface area contributed by atoms with Crippen LogP contribution >= 0.6 is 0 Å². The van der Waals surface area contributed by atoms with Crippen molar-refractivity contribution in [2.24, 2.45) is 0 Å². The van der Waals surface area contributed by atoms with Gasteiger partial charge in [-0.05, 0) is 44.0 Å². The summed E-state index contributed by atoms with van der Waals surface area (Å²) in [4.78, 5) is 13.1. The number of carbonyl (C=O) groups excluding carboxylic acids is 1. The fourth-order valence-corrected chi connectivity index (χ4v) is 5.29. The first-order valence-electron chi connectivity index (χ1n) is 9.32. The summed E-state index contributed by atoms with van der Waals surface area (Å²) in [6, 6.07) is 16.7. The van der Waals surface area contributed by atoms with E-state index in [9.17, 15) is 13.2 Å². The number of carbonyl (C=O) groups is 1. The minimum atomic E-state index is -3.70. The number of fused-ring (bicyclic) bond motifs is 1. The average molecular weight is 398 g/mol. The minimum Gasteiger partial charge on any atom is -0.459 e. The van der Waals surface area contributed by atoms with Gasteiger partial charge in [0.25, 0.3) is 0 Å². The maximum Gasteiger partial charge on any atom is 0.243 e. The summed E-state index contributed by atoms with van der Waals surface area (Å²) in [6.07, 6.45) is 1.16. The number of amides is 1. The maximum atomic E-state index is 12.9. The highest BCUT2D eigenvalue weighted by Crippen LogP contribution is 2.28. The molecule has 0 radical (unpaired) electrons.